The number of carbonyl (C=O) groups excluding carboxylic acids is 1. The SMILES string of the molecule is CCOC(=O)COc1cc(CNc2nc3ccccc3n2[C@H]2CC[C@@H](CO)O2)ccc1-c1ccccc1. The van der Waals surface area contributed by atoms with Gasteiger partial charge < -0.3 is 24.6 Å². The Balaban J connectivity index is 1.40. The Morgan fingerprint density at radius 2 is 1.92 bits per heavy atom. The lowest BCUT2D eigenvalue weighted by Crippen LogP contribution is -2.16. The second kappa shape index (κ2) is 11.5. The van der Waals surface area contributed by atoms with Crippen LogP contribution < -0.4 is 10.1 Å². The minimum absolute atomic E-state index is 0.00817. The van der Waals surface area contributed by atoms with E-state index in [9.17, 15) is 9.90 Å². The van der Waals surface area contributed by atoms with Gasteiger partial charge in [0.15, 0.2) is 6.61 Å². The van der Waals surface area contributed by atoms with Crippen LogP contribution in [-0.4, -0.2) is 46.6 Å². The monoisotopic (exact) mass is 501 g/mol. The lowest BCUT2D eigenvalue weighted by atomic mass is 10.0. The van der Waals surface area contributed by atoms with Gasteiger partial charge in [0.05, 0.1) is 30.4 Å². The van der Waals surface area contributed by atoms with Gasteiger partial charge in [-0.25, -0.2) is 9.78 Å². The van der Waals surface area contributed by atoms with E-state index >= 15 is 0 Å². The van der Waals surface area contributed by atoms with Crippen LogP contribution in [0.2, 0.25) is 0 Å². The van der Waals surface area contributed by atoms with Crippen LogP contribution in [0.3, 0.4) is 0 Å². The van der Waals surface area contributed by atoms with Crippen molar-refractivity contribution in [1.29, 1.82) is 0 Å². The van der Waals surface area contributed by atoms with E-state index in [0.717, 1.165) is 40.6 Å². The number of aliphatic hydroxyl groups excluding tert-OH is 1. The fraction of sp³-hybridized carbons (Fsp3) is 0.310. The molecule has 37 heavy (non-hydrogen) atoms. The summed E-state index contributed by atoms with van der Waals surface area (Å²) in [4.78, 5) is 16.8. The van der Waals surface area contributed by atoms with Gasteiger partial charge in [0.2, 0.25) is 5.95 Å². The Labute approximate surface area is 215 Å². The van der Waals surface area contributed by atoms with Crippen LogP contribution in [0.15, 0.2) is 72.8 Å². The second-order valence-corrected chi connectivity index (χ2v) is 8.91. The van der Waals surface area contributed by atoms with E-state index in [4.69, 9.17) is 19.2 Å². The number of nitrogens with zero attached hydrogens (tertiary/aromatic N) is 2. The van der Waals surface area contributed by atoms with Gasteiger partial charge >= 0.3 is 5.97 Å². The molecule has 5 rings (SSSR count). The fourth-order valence-electron chi connectivity index (χ4n) is 4.64. The second-order valence-electron chi connectivity index (χ2n) is 8.91. The smallest absolute Gasteiger partial charge is 0.344 e. The van der Waals surface area contributed by atoms with Gasteiger partial charge in [0.25, 0.3) is 0 Å². The minimum Gasteiger partial charge on any atom is -0.481 e. The van der Waals surface area contributed by atoms with Crippen molar-refractivity contribution >= 4 is 23.0 Å². The molecule has 0 unspecified atom stereocenters. The van der Waals surface area contributed by atoms with Gasteiger partial charge in [-0.3, -0.25) is 4.57 Å². The molecule has 0 bridgehead atoms. The maximum atomic E-state index is 12.0. The van der Waals surface area contributed by atoms with Gasteiger partial charge in [-0.1, -0.05) is 54.6 Å². The van der Waals surface area contributed by atoms with Gasteiger partial charge in [-0.2, -0.15) is 0 Å². The van der Waals surface area contributed by atoms with Crippen LogP contribution in [0.4, 0.5) is 5.95 Å². The first-order valence-electron chi connectivity index (χ1n) is 12.6. The molecule has 1 aliphatic rings. The van der Waals surface area contributed by atoms with Crippen molar-refractivity contribution < 1.29 is 24.1 Å². The Kier molecular flexibility index (Phi) is 7.67. The molecule has 1 saturated heterocycles. The third-order valence-corrected chi connectivity index (χ3v) is 6.40. The summed E-state index contributed by atoms with van der Waals surface area (Å²) in [7, 11) is 0. The highest BCUT2D eigenvalue weighted by Gasteiger charge is 2.29. The summed E-state index contributed by atoms with van der Waals surface area (Å²) in [6.45, 7) is 2.42. The minimum atomic E-state index is -0.406. The number of ether oxygens (including phenoxy) is 3. The van der Waals surface area contributed by atoms with E-state index < -0.39 is 5.97 Å². The summed E-state index contributed by atoms with van der Waals surface area (Å²) in [6.07, 6.45) is 1.24. The van der Waals surface area contributed by atoms with Crippen molar-refractivity contribution in [1.82, 2.24) is 9.55 Å². The number of hydrogen-bond acceptors (Lipinski definition) is 7. The van der Waals surface area contributed by atoms with Crippen molar-refractivity contribution in [2.24, 2.45) is 0 Å². The summed E-state index contributed by atoms with van der Waals surface area (Å²) >= 11 is 0. The van der Waals surface area contributed by atoms with Gasteiger partial charge in [0.1, 0.15) is 12.0 Å². The van der Waals surface area contributed by atoms with Crippen LogP contribution >= 0.6 is 0 Å². The van der Waals surface area contributed by atoms with E-state index in [0.29, 0.717) is 24.8 Å². The number of rotatable bonds is 10. The topological polar surface area (TPSA) is 94.8 Å². The molecule has 1 aromatic heterocycles. The number of esters is 1. The summed E-state index contributed by atoms with van der Waals surface area (Å²) < 4.78 is 19.1. The molecule has 8 nitrogen and oxygen atoms in total. The van der Waals surface area contributed by atoms with Crippen molar-refractivity contribution in [2.75, 3.05) is 25.1 Å². The highest BCUT2D eigenvalue weighted by molar-refractivity contribution is 5.79. The molecule has 2 heterocycles. The fourth-order valence-corrected chi connectivity index (χ4v) is 4.64. The van der Waals surface area contributed by atoms with Gasteiger partial charge in [0, 0.05) is 12.1 Å². The Bertz CT molecular complexity index is 1350. The normalized spacial score (nSPS) is 17.1. The van der Waals surface area contributed by atoms with Crippen molar-refractivity contribution in [3.05, 3.63) is 78.4 Å². The molecule has 3 aromatic carbocycles. The van der Waals surface area contributed by atoms with E-state index in [1.807, 2.05) is 72.8 Å². The number of imidazole rings is 1. The molecule has 1 aliphatic heterocycles. The molecule has 0 amide bonds. The van der Waals surface area contributed by atoms with Crippen molar-refractivity contribution in [3.63, 3.8) is 0 Å². The summed E-state index contributed by atoms with van der Waals surface area (Å²) in [5, 5.41) is 13.0. The molecule has 0 aliphatic carbocycles. The molecule has 1 fully saturated rings. The van der Waals surface area contributed by atoms with Crippen LogP contribution in [0.1, 0.15) is 31.6 Å². The van der Waals surface area contributed by atoms with E-state index in [-0.39, 0.29) is 25.5 Å². The number of para-hydroxylation sites is 2. The Hall–Kier alpha value is -3.88. The number of carbonyl (C=O) groups is 1. The molecule has 0 spiro atoms. The molecule has 192 valence electrons. The number of aliphatic hydroxyl groups is 1. The quantitative estimate of drug-likeness (QED) is 0.298. The third kappa shape index (κ3) is 5.60. The largest absolute Gasteiger partial charge is 0.481 e. The zero-order chi connectivity index (χ0) is 25.6. The maximum Gasteiger partial charge on any atom is 0.344 e. The van der Waals surface area contributed by atoms with Gasteiger partial charge in [-0.05, 0) is 49.1 Å². The number of aromatic nitrogens is 2. The first-order chi connectivity index (χ1) is 18.2. The lowest BCUT2D eigenvalue weighted by molar-refractivity contribution is -0.145. The van der Waals surface area contributed by atoms with E-state index in [2.05, 4.69) is 9.88 Å². The average Bonchev–Trinajstić information content (AvgIpc) is 3.55. The molecule has 8 heteroatoms. The van der Waals surface area contributed by atoms with E-state index in [1.54, 1.807) is 6.92 Å². The van der Waals surface area contributed by atoms with Crippen LogP contribution in [0.5, 0.6) is 5.75 Å². The molecule has 2 N–H and O–H groups in total. The number of nitrogens with one attached hydrogen (secondary N) is 1. The zero-order valence-corrected chi connectivity index (χ0v) is 20.8. The summed E-state index contributed by atoms with van der Waals surface area (Å²) in [5.41, 5.74) is 4.72. The maximum absolute atomic E-state index is 12.0. The molecule has 4 aromatic rings. The summed E-state index contributed by atoms with van der Waals surface area (Å²) in [5.74, 6) is 0.902. The Morgan fingerprint density at radius 3 is 2.70 bits per heavy atom. The molecule has 0 radical (unpaired) electrons. The number of fused-ring (bicyclic) bond motifs is 1. The van der Waals surface area contributed by atoms with Crippen LogP contribution in [-0.2, 0) is 20.8 Å². The first-order valence-corrected chi connectivity index (χ1v) is 12.6. The average molecular weight is 502 g/mol. The van der Waals surface area contributed by atoms with Crippen LogP contribution in [0, 0.1) is 0 Å². The predicted octanol–water partition coefficient (Wildman–Crippen LogP) is 4.93. The van der Waals surface area contributed by atoms with Crippen LogP contribution in [0.25, 0.3) is 22.2 Å². The first kappa shape index (κ1) is 24.8. The molecular weight excluding hydrogens is 470 g/mol. The number of benzene rings is 3. The van der Waals surface area contributed by atoms with Crippen molar-refractivity contribution in [2.45, 2.75) is 38.6 Å². The van der Waals surface area contributed by atoms with Crippen molar-refractivity contribution in [3.8, 4) is 16.9 Å². The third-order valence-electron chi connectivity index (χ3n) is 6.40. The number of hydrogen-bond donors (Lipinski definition) is 2. The highest BCUT2D eigenvalue weighted by atomic mass is 16.6. The lowest BCUT2D eigenvalue weighted by Gasteiger charge is -2.18. The molecule has 0 saturated carbocycles. The van der Waals surface area contributed by atoms with E-state index in [1.165, 1.54) is 0 Å². The molecule has 2 atom stereocenters. The molecular formula is C29H31N3O5. The predicted molar refractivity (Wildman–Crippen MR) is 141 cm³/mol. The summed E-state index contributed by atoms with van der Waals surface area (Å²) in [6, 6.07) is 23.8. The highest BCUT2D eigenvalue weighted by Crippen LogP contribution is 2.35. The Morgan fingerprint density at radius 1 is 1.11 bits per heavy atom. The number of anilines is 1. The zero-order valence-electron chi connectivity index (χ0n) is 20.8. The standard InChI is InChI=1S/C29H31N3O5/c1-2-35-28(34)19-36-26-16-20(12-14-23(26)21-8-4-3-5-9-21)17-30-29-31-24-10-6-7-11-25(24)32(29)27-15-13-22(18-33)37-27/h3-12,14,16,22,27,33H,2,13,15,17-19H2,1H3,(H,30,31)/t22-,27+/m0/s1. The van der Waals surface area contributed by atoms with Gasteiger partial charge in [-0.15, -0.1) is 0 Å².